The molecule has 2 aromatic heterocycles. The van der Waals surface area contributed by atoms with E-state index >= 15 is 0 Å². The highest BCUT2D eigenvalue weighted by atomic mass is 16.4. The van der Waals surface area contributed by atoms with Gasteiger partial charge in [-0.25, -0.2) is 4.79 Å². The number of carboxylic acids is 1. The van der Waals surface area contributed by atoms with Gasteiger partial charge in [0.05, 0.1) is 11.1 Å². The van der Waals surface area contributed by atoms with Gasteiger partial charge in [-0.3, -0.25) is 9.78 Å². The van der Waals surface area contributed by atoms with Crippen molar-refractivity contribution in [3.05, 3.63) is 65.7 Å². The number of fused-ring (bicyclic) bond motifs is 1. The van der Waals surface area contributed by atoms with Crippen molar-refractivity contribution in [1.82, 2.24) is 4.98 Å². The number of furan rings is 1. The zero-order valence-electron chi connectivity index (χ0n) is 10.2. The number of rotatable bonds is 3. The maximum absolute atomic E-state index is 12.4. The summed E-state index contributed by atoms with van der Waals surface area (Å²) in [6.07, 6.45) is 1.60. The first-order valence-electron chi connectivity index (χ1n) is 5.88. The molecular weight excluding hydrogens is 258 g/mol. The molecule has 0 radical (unpaired) electrons. The number of hydrogen-bond donors (Lipinski definition) is 1. The Morgan fingerprint density at radius 3 is 2.50 bits per heavy atom. The van der Waals surface area contributed by atoms with Gasteiger partial charge in [-0.15, -0.1) is 0 Å². The molecule has 0 amide bonds. The van der Waals surface area contributed by atoms with Crippen LogP contribution in [0.1, 0.15) is 26.7 Å². The summed E-state index contributed by atoms with van der Waals surface area (Å²) < 4.78 is 5.03. The third-order valence-corrected chi connectivity index (χ3v) is 2.92. The van der Waals surface area contributed by atoms with Crippen LogP contribution >= 0.6 is 0 Å². The summed E-state index contributed by atoms with van der Waals surface area (Å²) >= 11 is 0. The van der Waals surface area contributed by atoms with E-state index in [2.05, 4.69) is 4.98 Å². The molecule has 0 saturated carbocycles. The fraction of sp³-hybridized carbons (Fsp3) is 0. The molecule has 1 aromatic carbocycles. The number of aromatic carboxylic acids is 1. The van der Waals surface area contributed by atoms with Gasteiger partial charge in [0.2, 0.25) is 11.5 Å². The topological polar surface area (TPSA) is 80.4 Å². The van der Waals surface area contributed by atoms with Gasteiger partial charge in [-0.1, -0.05) is 18.2 Å². The number of carbonyl (C=O) groups is 2. The number of pyridine rings is 1. The molecule has 0 saturated heterocycles. The first-order valence-corrected chi connectivity index (χ1v) is 5.88. The summed E-state index contributed by atoms with van der Waals surface area (Å²) in [5.41, 5.74) is 0.947. The molecule has 2 heterocycles. The van der Waals surface area contributed by atoms with Crippen molar-refractivity contribution in [2.45, 2.75) is 0 Å². The first-order chi connectivity index (χ1) is 9.66. The van der Waals surface area contributed by atoms with Gasteiger partial charge >= 0.3 is 5.97 Å². The normalized spacial score (nSPS) is 10.6. The van der Waals surface area contributed by atoms with Gasteiger partial charge in [0.25, 0.3) is 0 Å². The lowest BCUT2D eigenvalue weighted by atomic mass is 10.0. The van der Waals surface area contributed by atoms with Crippen molar-refractivity contribution < 1.29 is 19.1 Å². The molecule has 0 unspecified atom stereocenters. The quantitative estimate of drug-likeness (QED) is 0.738. The van der Waals surface area contributed by atoms with Crippen LogP contribution in [0.4, 0.5) is 0 Å². The zero-order valence-corrected chi connectivity index (χ0v) is 10.2. The minimum Gasteiger partial charge on any atom is -0.475 e. The van der Waals surface area contributed by atoms with Crippen LogP contribution < -0.4 is 0 Å². The average molecular weight is 267 g/mol. The second-order valence-electron chi connectivity index (χ2n) is 4.18. The molecule has 3 rings (SSSR count). The molecule has 0 fully saturated rings. The molecule has 0 aliphatic rings. The van der Waals surface area contributed by atoms with Crippen molar-refractivity contribution in [2.75, 3.05) is 0 Å². The first kappa shape index (κ1) is 12.1. The van der Waals surface area contributed by atoms with Gasteiger partial charge in [0.1, 0.15) is 0 Å². The number of ketones is 1. The maximum atomic E-state index is 12.4. The van der Waals surface area contributed by atoms with Gasteiger partial charge in [0, 0.05) is 11.6 Å². The fourth-order valence-corrected chi connectivity index (χ4v) is 2.00. The second-order valence-corrected chi connectivity index (χ2v) is 4.18. The second kappa shape index (κ2) is 4.62. The summed E-state index contributed by atoms with van der Waals surface area (Å²) in [4.78, 5) is 27.3. The van der Waals surface area contributed by atoms with Crippen LogP contribution in [0.2, 0.25) is 0 Å². The fourth-order valence-electron chi connectivity index (χ4n) is 2.00. The number of benzene rings is 1. The predicted octanol–water partition coefficient (Wildman–Crippen LogP) is 2.76. The molecule has 0 bridgehead atoms. The molecular formula is C15H9NO4. The van der Waals surface area contributed by atoms with E-state index < -0.39 is 5.97 Å². The summed E-state index contributed by atoms with van der Waals surface area (Å²) in [5.74, 6) is -1.87. The predicted molar refractivity (Wildman–Crippen MR) is 70.8 cm³/mol. The summed E-state index contributed by atoms with van der Waals surface area (Å²) in [5, 5.41) is 9.64. The number of para-hydroxylation sites is 1. The van der Waals surface area contributed by atoms with E-state index in [0.29, 0.717) is 11.1 Å². The Hall–Kier alpha value is -2.95. The molecule has 3 aromatic rings. The highest BCUT2D eigenvalue weighted by Crippen LogP contribution is 2.20. The van der Waals surface area contributed by atoms with Crippen molar-refractivity contribution in [3.8, 4) is 0 Å². The van der Waals surface area contributed by atoms with Crippen LogP contribution in [0.15, 0.2) is 53.1 Å². The lowest BCUT2D eigenvalue weighted by Crippen LogP contribution is -2.02. The third kappa shape index (κ3) is 1.95. The van der Waals surface area contributed by atoms with Crippen LogP contribution in [0.5, 0.6) is 0 Å². The van der Waals surface area contributed by atoms with Crippen LogP contribution in [-0.2, 0) is 0 Å². The number of aromatic nitrogens is 1. The molecule has 0 spiro atoms. The van der Waals surface area contributed by atoms with Crippen molar-refractivity contribution >= 4 is 22.7 Å². The van der Waals surface area contributed by atoms with Gasteiger partial charge in [-0.2, -0.15) is 0 Å². The molecule has 0 atom stereocenters. The van der Waals surface area contributed by atoms with E-state index in [1.54, 1.807) is 24.4 Å². The monoisotopic (exact) mass is 267 g/mol. The number of carboxylic acid groups (broad SMARTS) is 1. The summed E-state index contributed by atoms with van der Waals surface area (Å²) in [6.45, 7) is 0. The lowest BCUT2D eigenvalue weighted by Gasteiger charge is -2.02. The number of carbonyl (C=O) groups excluding carboxylic acids is 1. The Morgan fingerprint density at radius 2 is 1.75 bits per heavy atom. The van der Waals surface area contributed by atoms with E-state index in [-0.39, 0.29) is 17.3 Å². The minimum absolute atomic E-state index is 0.0134. The Bertz CT molecular complexity index is 814. The molecule has 1 N–H and O–H groups in total. The van der Waals surface area contributed by atoms with Crippen LogP contribution in [-0.4, -0.2) is 21.8 Å². The van der Waals surface area contributed by atoms with Crippen molar-refractivity contribution in [3.63, 3.8) is 0 Å². The summed E-state index contributed by atoms with van der Waals surface area (Å²) in [7, 11) is 0. The Morgan fingerprint density at radius 1 is 1.00 bits per heavy atom. The number of nitrogens with zero attached hydrogens (tertiary/aromatic N) is 1. The standard InChI is InChI=1S/C15H9NO4/c17-14(11-6-7-12(20-11)15(18)19)10-5-1-3-9-4-2-8-16-13(9)10/h1-8H,(H,18,19). The largest absolute Gasteiger partial charge is 0.475 e. The van der Waals surface area contributed by atoms with E-state index in [4.69, 9.17) is 9.52 Å². The van der Waals surface area contributed by atoms with Crippen molar-refractivity contribution in [2.24, 2.45) is 0 Å². The van der Waals surface area contributed by atoms with Gasteiger partial charge in [0.15, 0.2) is 5.76 Å². The molecule has 20 heavy (non-hydrogen) atoms. The lowest BCUT2D eigenvalue weighted by molar-refractivity contribution is 0.0660. The van der Waals surface area contributed by atoms with E-state index in [1.807, 2.05) is 12.1 Å². The van der Waals surface area contributed by atoms with Crippen molar-refractivity contribution in [1.29, 1.82) is 0 Å². The average Bonchev–Trinajstić information content (AvgIpc) is 2.96. The van der Waals surface area contributed by atoms with E-state index in [1.165, 1.54) is 12.1 Å². The Balaban J connectivity index is 2.10. The smallest absolute Gasteiger partial charge is 0.371 e. The highest BCUT2D eigenvalue weighted by molar-refractivity contribution is 6.14. The van der Waals surface area contributed by atoms with Gasteiger partial charge in [-0.05, 0) is 24.3 Å². The van der Waals surface area contributed by atoms with Crippen LogP contribution in [0.3, 0.4) is 0 Å². The molecule has 0 aliphatic carbocycles. The highest BCUT2D eigenvalue weighted by Gasteiger charge is 2.18. The molecule has 5 heteroatoms. The van der Waals surface area contributed by atoms with E-state index in [0.717, 1.165) is 5.39 Å². The maximum Gasteiger partial charge on any atom is 0.371 e. The summed E-state index contributed by atoms with van der Waals surface area (Å²) in [6, 6.07) is 11.5. The third-order valence-electron chi connectivity index (χ3n) is 2.92. The van der Waals surface area contributed by atoms with Crippen LogP contribution in [0.25, 0.3) is 10.9 Å². The van der Waals surface area contributed by atoms with Gasteiger partial charge < -0.3 is 9.52 Å². The Labute approximate surface area is 113 Å². The molecule has 98 valence electrons. The minimum atomic E-state index is -1.21. The molecule has 0 aliphatic heterocycles. The zero-order chi connectivity index (χ0) is 14.1. The van der Waals surface area contributed by atoms with Crippen LogP contribution in [0, 0.1) is 0 Å². The Kier molecular flexibility index (Phi) is 2.80. The molecule has 5 nitrogen and oxygen atoms in total. The van der Waals surface area contributed by atoms with E-state index in [9.17, 15) is 9.59 Å². The SMILES string of the molecule is O=C(O)c1ccc(C(=O)c2cccc3cccnc23)o1. The number of hydrogen-bond acceptors (Lipinski definition) is 4.